The molecule has 0 aliphatic carbocycles. The molecule has 1 aromatic heterocycles. The normalized spacial score (nSPS) is 16.3. The van der Waals surface area contributed by atoms with E-state index >= 15 is 0 Å². The van der Waals surface area contributed by atoms with Gasteiger partial charge in [0.15, 0.2) is 6.20 Å². The van der Waals surface area contributed by atoms with Crippen LogP contribution < -0.4 is 9.75 Å². The molecule has 0 amide bonds. The van der Waals surface area contributed by atoms with Gasteiger partial charge in [0.05, 0.1) is 19.0 Å². The minimum atomic E-state index is -1.23. The Balaban J connectivity index is 1.95. The van der Waals surface area contributed by atoms with E-state index in [-0.39, 0.29) is 0 Å². The molecule has 1 saturated heterocycles. The molecule has 26 heavy (non-hydrogen) atoms. The third kappa shape index (κ3) is 2.81. The van der Waals surface area contributed by atoms with Gasteiger partial charge in [-0.3, -0.25) is 0 Å². The first kappa shape index (κ1) is 17.5. The summed E-state index contributed by atoms with van der Waals surface area (Å²) >= 11 is 0. The van der Waals surface area contributed by atoms with E-state index in [0.717, 1.165) is 0 Å². The first-order valence-corrected chi connectivity index (χ1v) is 12.8. The fourth-order valence-corrected chi connectivity index (χ4v) is 8.69. The Labute approximate surface area is 158 Å². The number of hydrogen-bond acceptors (Lipinski definition) is 0. The lowest BCUT2D eigenvalue weighted by Crippen LogP contribution is -2.41. The SMILES string of the molecule is Cc1cc(C)c(C)c(-c2c3ccc([Si]4(C)CCCC4)cc3cc[n+]2C)c1. The van der Waals surface area contributed by atoms with Gasteiger partial charge in [-0.05, 0) is 49.4 Å². The van der Waals surface area contributed by atoms with Crippen LogP contribution in [0.15, 0.2) is 42.6 Å². The maximum absolute atomic E-state index is 2.58. The van der Waals surface area contributed by atoms with Crippen molar-refractivity contribution < 1.29 is 4.57 Å². The second-order valence-electron chi connectivity index (χ2n) is 8.60. The molecule has 2 heteroatoms. The highest BCUT2D eigenvalue weighted by molar-refractivity contribution is 6.91. The Bertz CT molecular complexity index is 997. The molecule has 1 aliphatic heterocycles. The van der Waals surface area contributed by atoms with Gasteiger partial charge in [-0.15, -0.1) is 0 Å². The highest BCUT2D eigenvalue weighted by Gasteiger charge is 2.33. The Morgan fingerprint density at radius 1 is 0.923 bits per heavy atom. The first-order chi connectivity index (χ1) is 12.4. The van der Waals surface area contributed by atoms with E-state index in [1.54, 1.807) is 5.19 Å². The predicted molar refractivity (Wildman–Crippen MR) is 115 cm³/mol. The summed E-state index contributed by atoms with van der Waals surface area (Å²) in [7, 11) is 0.948. The lowest BCUT2D eigenvalue weighted by atomic mass is 9.95. The molecule has 1 nitrogen and oxygen atoms in total. The molecule has 0 bridgehead atoms. The fraction of sp³-hybridized carbons (Fsp3) is 0.375. The first-order valence-electron chi connectivity index (χ1n) is 9.90. The third-order valence-corrected chi connectivity index (χ3v) is 11.2. The van der Waals surface area contributed by atoms with E-state index in [0.29, 0.717) is 0 Å². The quantitative estimate of drug-likeness (QED) is 0.429. The van der Waals surface area contributed by atoms with Crippen molar-refractivity contribution in [2.24, 2.45) is 7.05 Å². The van der Waals surface area contributed by atoms with Gasteiger partial charge in [0.1, 0.15) is 7.05 Å². The summed E-state index contributed by atoms with van der Waals surface area (Å²) in [6.45, 7) is 9.26. The average Bonchev–Trinajstić information content (AvgIpc) is 3.06. The maximum atomic E-state index is 2.58. The van der Waals surface area contributed by atoms with E-state index in [4.69, 9.17) is 0 Å². The monoisotopic (exact) mass is 360 g/mol. The molecule has 0 unspecified atom stereocenters. The van der Waals surface area contributed by atoms with Crippen LogP contribution in [0.25, 0.3) is 22.0 Å². The molecule has 0 spiro atoms. The summed E-state index contributed by atoms with van der Waals surface area (Å²) < 4.78 is 2.29. The van der Waals surface area contributed by atoms with Crippen LogP contribution in [0.2, 0.25) is 18.6 Å². The Kier molecular flexibility index (Phi) is 4.27. The molecule has 1 aliphatic rings. The molecule has 2 aromatic carbocycles. The summed E-state index contributed by atoms with van der Waals surface area (Å²) in [6, 6.07) is 17.2. The number of aryl methyl sites for hydroxylation is 3. The van der Waals surface area contributed by atoms with Gasteiger partial charge in [-0.1, -0.05) is 60.4 Å². The molecule has 0 radical (unpaired) electrons. The second kappa shape index (κ2) is 6.35. The number of pyridine rings is 1. The topological polar surface area (TPSA) is 3.88 Å². The zero-order valence-electron chi connectivity index (χ0n) is 16.8. The fourth-order valence-electron chi connectivity index (χ4n) is 4.81. The van der Waals surface area contributed by atoms with Gasteiger partial charge in [-0.25, -0.2) is 4.57 Å². The lowest BCUT2D eigenvalue weighted by molar-refractivity contribution is -0.659. The van der Waals surface area contributed by atoms with Gasteiger partial charge in [0.25, 0.3) is 0 Å². The van der Waals surface area contributed by atoms with Gasteiger partial charge in [0.2, 0.25) is 5.69 Å². The van der Waals surface area contributed by atoms with Gasteiger partial charge in [0, 0.05) is 6.07 Å². The van der Waals surface area contributed by atoms with Crippen molar-refractivity contribution in [1.29, 1.82) is 0 Å². The molecule has 134 valence electrons. The van der Waals surface area contributed by atoms with Crippen LogP contribution in [-0.4, -0.2) is 8.07 Å². The van der Waals surface area contributed by atoms with Crippen molar-refractivity contribution in [1.82, 2.24) is 0 Å². The summed E-state index contributed by atoms with van der Waals surface area (Å²) in [4.78, 5) is 0. The van der Waals surface area contributed by atoms with Crippen LogP contribution in [0.4, 0.5) is 0 Å². The van der Waals surface area contributed by atoms with Crippen molar-refractivity contribution in [2.75, 3.05) is 0 Å². The Hall–Kier alpha value is -1.93. The van der Waals surface area contributed by atoms with Crippen LogP contribution in [0.5, 0.6) is 0 Å². The van der Waals surface area contributed by atoms with Crippen molar-refractivity contribution in [3.05, 3.63) is 59.3 Å². The second-order valence-corrected chi connectivity index (χ2v) is 13.3. The van der Waals surface area contributed by atoms with Crippen LogP contribution in [0.1, 0.15) is 29.5 Å². The number of nitrogens with zero attached hydrogens (tertiary/aromatic N) is 1. The van der Waals surface area contributed by atoms with E-state index in [9.17, 15) is 0 Å². The van der Waals surface area contributed by atoms with E-state index < -0.39 is 8.07 Å². The molecule has 2 heterocycles. The van der Waals surface area contributed by atoms with E-state index in [2.05, 4.69) is 81.5 Å². The highest BCUT2D eigenvalue weighted by Crippen LogP contribution is 2.33. The zero-order chi connectivity index (χ0) is 18.5. The average molecular weight is 361 g/mol. The number of rotatable bonds is 2. The maximum Gasteiger partial charge on any atom is 0.220 e. The molecule has 1 fully saturated rings. The number of aromatic nitrogens is 1. The molecule has 0 N–H and O–H groups in total. The standard InChI is InChI=1S/C24H30NSi/c1-17-14-18(2)19(3)23(15-17)24-22-9-8-21(26(5)12-6-7-13-26)16-20(22)10-11-25(24)4/h8-11,14-16H,6-7,12-13H2,1-5H3/q+1. The molecule has 0 saturated carbocycles. The van der Waals surface area contributed by atoms with Crippen molar-refractivity contribution in [3.63, 3.8) is 0 Å². The highest BCUT2D eigenvalue weighted by atomic mass is 28.3. The Morgan fingerprint density at radius 2 is 1.65 bits per heavy atom. The smallest absolute Gasteiger partial charge is 0.200 e. The van der Waals surface area contributed by atoms with Gasteiger partial charge in [-0.2, -0.15) is 0 Å². The summed E-state index contributed by atoms with van der Waals surface area (Å²) in [5.41, 5.74) is 6.81. The van der Waals surface area contributed by atoms with Gasteiger partial charge >= 0.3 is 0 Å². The molecule has 0 atom stereocenters. The van der Waals surface area contributed by atoms with Crippen molar-refractivity contribution >= 4 is 24.0 Å². The summed E-state index contributed by atoms with van der Waals surface area (Å²) in [5.74, 6) is 0. The molecule has 4 rings (SSSR count). The predicted octanol–water partition coefficient (Wildman–Crippen LogP) is 5.34. The van der Waals surface area contributed by atoms with E-state index in [1.165, 1.54) is 63.7 Å². The number of fused-ring (bicyclic) bond motifs is 1. The minimum absolute atomic E-state index is 1.23. The number of benzene rings is 2. The zero-order valence-corrected chi connectivity index (χ0v) is 17.8. The molecular weight excluding hydrogens is 330 g/mol. The molecule has 3 aromatic rings. The largest absolute Gasteiger partial charge is 0.220 e. The third-order valence-electron chi connectivity index (χ3n) is 6.61. The lowest BCUT2D eigenvalue weighted by Gasteiger charge is -2.22. The molecular formula is C24H30NSi+. The summed E-state index contributed by atoms with van der Waals surface area (Å²) in [5, 5.41) is 4.43. The van der Waals surface area contributed by atoms with Crippen LogP contribution >= 0.6 is 0 Å². The van der Waals surface area contributed by atoms with E-state index in [1.807, 2.05) is 0 Å². The number of hydrogen-bond donors (Lipinski definition) is 0. The van der Waals surface area contributed by atoms with Crippen LogP contribution in [0.3, 0.4) is 0 Å². The van der Waals surface area contributed by atoms with Gasteiger partial charge < -0.3 is 0 Å². The van der Waals surface area contributed by atoms with Crippen LogP contribution in [-0.2, 0) is 7.05 Å². The van der Waals surface area contributed by atoms with Crippen molar-refractivity contribution in [2.45, 2.75) is 52.2 Å². The van der Waals surface area contributed by atoms with Crippen LogP contribution in [0, 0.1) is 20.8 Å². The van der Waals surface area contributed by atoms with Crippen molar-refractivity contribution in [3.8, 4) is 11.3 Å². The minimum Gasteiger partial charge on any atom is -0.200 e. The summed E-state index contributed by atoms with van der Waals surface area (Å²) in [6.07, 6.45) is 5.09. The Morgan fingerprint density at radius 3 is 2.38 bits per heavy atom.